The zero-order chi connectivity index (χ0) is 17.3. The summed E-state index contributed by atoms with van der Waals surface area (Å²) in [5.41, 5.74) is 0.714. The molecule has 1 fully saturated rings. The molecule has 0 heterocycles. The Morgan fingerprint density at radius 3 is 2.39 bits per heavy atom. The van der Waals surface area contributed by atoms with Crippen LogP contribution >= 0.6 is 0 Å². The van der Waals surface area contributed by atoms with Gasteiger partial charge in [0.15, 0.2) is 0 Å². The van der Waals surface area contributed by atoms with Gasteiger partial charge in [-0.1, -0.05) is 0 Å². The summed E-state index contributed by atoms with van der Waals surface area (Å²) in [5.74, 6) is 0.612. The molecule has 1 N–H and O–H groups in total. The highest BCUT2D eigenvalue weighted by molar-refractivity contribution is 7.89. The zero-order valence-electron chi connectivity index (χ0n) is 13.4. The van der Waals surface area contributed by atoms with Gasteiger partial charge in [-0.3, -0.25) is 0 Å². The van der Waals surface area contributed by atoms with Crippen LogP contribution in [0.15, 0.2) is 23.1 Å². The summed E-state index contributed by atoms with van der Waals surface area (Å²) in [6, 6.07) is 4.59. The maximum absolute atomic E-state index is 12.3. The van der Waals surface area contributed by atoms with Gasteiger partial charge in [0.1, 0.15) is 5.75 Å². The summed E-state index contributed by atoms with van der Waals surface area (Å²) in [5, 5.41) is 0. The van der Waals surface area contributed by atoms with Crippen molar-refractivity contribution in [2.45, 2.75) is 30.7 Å². The molecule has 0 atom stereocenters. The van der Waals surface area contributed by atoms with Crippen LogP contribution in [0.3, 0.4) is 0 Å². The van der Waals surface area contributed by atoms with E-state index >= 15 is 0 Å². The minimum absolute atomic E-state index is 0.0118. The van der Waals surface area contributed by atoms with Gasteiger partial charge in [0, 0.05) is 19.1 Å². The second-order valence-electron chi connectivity index (χ2n) is 5.63. The first kappa shape index (κ1) is 18.2. The maximum Gasteiger partial charge on any atom is 0.240 e. The molecule has 23 heavy (non-hydrogen) atoms. The molecular weight excluding hydrogens is 340 g/mol. The Morgan fingerprint density at radius 1 is 1.26 bits per heavy atom. The Morgan fingerprint density at radius 2 is 1.91 bits per heavy atom. The van der Waals surface area contributed by atoms with Gasteiger partial charge in [-0.2, -0.15) is 4.31 Å². The summed E-state index contributed by atoms with van der Waals surface area (Å²) in [4.78, 5) is 0.133. The van der Waals surface area contributed by atoms with Crippen LogP contribution in [-0.4, -0.2) is 53.6 Å². The highest BCUT2D eigenvalue weighted by atomic mass is 32.2. The number of aryl methyl sites for hydroxylation is 1. The molecule has 2 rings (SSSR count). The van der Waals surface area contributed by atoms with Crippen LogP contribution in [0.5, 0.6) is 5.75 Å². The lowest BCUT2D eigenvalue weighted by Gasteiger charge is -2.19. The average Bonchev–Trinajstić information content (AvgIpc) is 3.26. The van der Waals surface area contributed by atoms with Crippen molar-refractivity contribution >= 4 is 20.0 Å². The number of sulfonamides is 2. The van der Waals surface area contributed by atoms with Gasteiger partial charge < -0.3 is 4.74 Å². The molecule has 0 aromatic heterocycles. The molecule has 130 valence electrons. The van der Waals surface area contributed by atoms with Crippen LogP contribution in [0.4, 0.5) is 0 Å². The van der Waals surface area contributed by atoms with Crippen molar-refractivity contribution in [3.63, 3.8) is 0 Å². The first-order valence-corrected chi connectivity index (χ1v) is 10.6. The van der Waals surface area contributed by atoms with Crippen molar-refractivity contribution in [1.29, 1.82) is 0 Å². The summed E-state index contributed by atoms with van der Waals surface area (Å²) >= 11 is 0. The molecule has 0 amide bonds. The van der Waals surface area contributed by atoms with E-state index in [1.807, 2.05) is 0 Å². The monoisotopic (exact) mass is 362 g/mol. The van der Waals surface area contributed by atoms with E-state index in [-0.39, 0.29) is 24.0 Å². The van der Waals surface area contributed by atoms with Crippen LogP contribution in [0.25, 0.3) is 0 Å². The fraction of sp³-hybridized carbons (Fsp3) is 0.571. The van der Waals surface area contributed by atoms with Crippen LogP contribution < -0.4 is 9.46 Å². The van der Waals surface area contributed by atoms with Crippen molar-refractivity contribution in [1.82, 2.24) is 9.03 Å². The smallest absolute Gasteiger partial charge is 0.240 e. The van der Waals surface area contributed by atoms with Gasteiger partial charge in [0.2, 0.25) is 20.0 Å². The Hall–Kier alpha value is -1.16. The zero-order valence-corrected chi connectivity index (χ0v) is 15.1. The summed E-state index contributed by atoms with van der Waals surface area (Å²) in [7, 11) is -5.48. The molecule has 1 aromatic rings. The van der Waals surface area contributed by atoms with E-state index in [4.69, 9.17) is 4.74 Å². The quantitative estimate of drug-likeness (QED) is 0.735. The fourth-order valence-corrected chi connectivity index (χ4v) is 4.65. The Labute approximate surface area is 137 Å². The molecule has 1 aliphatic carbocycles. The third-order valence-electron chi connectivity index (χ3n) is 3.68. The number of rotatable bonds is 8. The molecule has 1 aliphatic rings. The number of nitrogens with one attached hydrogen (secondary N) is 1. The van der Waals surface area contributed by atoms with Crippen molar-refractivity contribution in [2.75, 3.05) is 26.5 Å². The molecule has 0 spiro atoms. The van der Waals surface area contributed by atoms with E-state index in [0.29, 0.717) is 11.3 Å². The van der Waals surface area contributed by atoms with E-state index in [0.717, 1.165) is 19.1 Å². The third-order valence-corrected chi connectivity index (χ3v) is 6.47. The summed E-state index contributed by atoms with van der Waals surface area (Å²) in [6.07, 6.45) is 2.81. The van der Waals surface area contributed by atoms with Crippen molar-refractivity contribution in [3.05, 3.63) is 23.8 Å². The summed E-state index contributed by atoms with van der Waals surface area (Å²) < 4.78 is 56.9. The lowest BCUT2D eigenvalue weighted by atomic mass is 10.2. The lowest BCUT2D eigenvalue weighted by molar-refractivity contribution is 0.409. The highest BCUT2D eigenvalue weighted by Crippen LogP contribution is 2.28. The molecule has 0 unspecified atom stereocenters. The number of nitrogens with zero attached hydrogens (tertiary/aromatic N) is 1. The van der Waals surface area contributed by atoms with E-state index in [1.54, 1.807) is 13.0 Å². The van der Waals surface area contributed by atoms with Crippen LogP contribution in [-0.2, 0) is 20.0 Å². The predicted molar refractivity (Wildman–Crippen MR) is 87.5 cm³/mol. The van der Waals surface area contributed by atoms with Gasteiger partial charge >= 0.3 is 0 Å². The van der Waals surface area contributed by atoms with Crippen molar-refractivity contribution in [3.8, 4) is 5.75 Å². The minimum Gasteiger partial charge on any atom is -0.496 e. The van der Waals surface area contributed by atoms with E-state index in [1.165, 1.54) is 23.5 Å². The average molecular weight is 362 g/mol. The Balaban J connectivity index is 2.02. The standard InChI is InChI=1S/C14H22N2O5S2/c1-11-10-13(6-7-14(11)21-2)23(19,20)15-8-9-16(12-4-5-12)22(3,17)18/h6-7,10,12,15H,4-5,8-9H2,1-3H3. The first-order chi connectivity index (χ1) is 10.6. The van der Waals surface area contributed by atoms with Gasteiger partial charge in [-0.25, -0.2) is 21.6 Å². The Kier molecular flexibility index (Phi) is 5.34. The van der Waals surface area contributed by atoms with Gasteiger partial charge in [0.05, 0.1) is 18.3 Å². The third kappa shape index (κ3) is 4.66. The molecule has 0 radical (unpaired) electrons. The van der Waals surface area contributed by atoms with Gasteiger partial charge in [-0.05, 0) is 43.5 Å². The minimum atomic E-state index is -3.68. The molecule has 1 saturated carbocycles. The number of benzene rings is 1. The molecule has 0 saturated heterocycles. The summed E-state index contributed by atoms with van der Waals surface area (Å²) in [6.45, 7) is 1.94. The molecular formula is C14H22N2O5S2. The van der Waals surface area contributed by atoms with E-state index < -0.39 is 20.0 Å². The van der Waals surface area contributed by atoms with Gasteiger partial charge in [-0.15, -0.1) is 0 Å². The van der Waals surface area contributed by atoms with Crippen LogP contribution in [0.1, 0.15) is 18.4 Å². The maximum atomic E-state index is 12.3. The molecule has 1 aromatic carbocycles. The topological polar surface area (TPSA) is 92.8 Å². The van der Waals surface area contributed by atoms with Gasteiger partial charge in [0.25, 0.3) is 0 Å². The molecule has 9 heteroatoms. The van der Waals surface area contributed by atoms with E-state index in [9.17, 15) is 16.8 Å². The van der Waals surface area contributed by atoms with Crippen molar-refractivity contribution in [2.24, 2.45) is 0 Å². The lowest BCUT2D eigenvalue weighted by Crippen LogP contribution is -2.39. The number of methoxy groups -OCH3 is 1. The first-order valence-electron chi connectivity index (χ1n) is 7.26. The van der Waals surface area contributed by atoms with E-state index in [2.05, 4.69) is 4.72 Å². The second-order valence-corrected chi connectivity index (χ2v) is 9.34. The highest BCUT2D eigenvalue weighted by Gasteiger charge is 2.34. The number of ether oxygens (including phenoxy) is 1. The second kappa shape index (κ2) is 6.76. The SMILES string of the molecule is COc1ccc(S(=O)(=O)NCCN(C2CC2)S(C)(=O)=O)cc1C. The van der Waals surface area contributed by atoms with Crippen molar-refractivity contribution < 1.29 is 21.6 Å². The number of hydrogen-bond donors (Lipinski definition) is 1. The largest absolute Gasteiger partial charge is 0.496 e. The van der Waals surface area contributed by atoms with Crippen LogP contribution in [0.2, 0.25) is 0 Å². The molecule has 0 bridgehead atoms. The molecule has 0 aliphatic heterocycles. The fourth-order valence-electron chi connectivity index (χ4n) is 2.37. The predicted octanol–water partition coefficient (Wildman–Crippen LogP) is 0.706. The Bertz CT molecular complexity index is 770. The molecule has 7 nitrogen and oxygen atoms in total. The number of hydrogen-bond acceptors (Lipinski definition) is 5. The normalized spacial score (nSPS) is 15.8. The van der Waals surface area contributed by atoms with Crippen LogP contribution in [0, 0.1) is 6.92 Å².